The summed E-state index contributed by atoms with van der Waals surface area (Å²) in [6.07, 6.45) is 0. The number of rotatable bonds is 0. The molecule has 1 unspecified atom stereocenters. The third-order valence-corrected chi connectivity index (χ3v) is 7.32. The summed E-state index contributed by atoms with van der Waals surface area (Å²) in [4.78, 5) is 27.9. The summed E-state index contributed by atoms with van der Waals surface area (Å²) < 4.78 is 0.859. The van der Waals surface area contributed by atoms with Crippen LogP contribution in [-0.2, 0) is 10.2 Å². The third-order valence-electron chi connectivity index (χ3n) is 6.83. The molecule has 0 radical (unpaired) electrons. The zero-order chi connectivity index (χ0) is 21.6. The summed E-state index contributed by atoms with van der Waals surface area (Å²) in [5, 5.41) is 8.58. The molecule has 5 heteroatoms. The topological polar surface area (TPSA) is 58.2 Å². The lowest BCUT2D eigenvalue weighted by atomic mass is 9.65. The number of nitrogens with one attached hydrogen (secondary N) is 2. The van der Waals surface area contributed by atoms with Gasteiger partial charge >= 0.3 is 0 Å². The van der Waals surface area contributed by atoms with Crippen LogP contribution in [0.2, 0.25) is 0 Å². The molecule has 2 N–H and O–H groups in total. The van der Waals surface area contributed by atoms with Gasteiger partial charge in [-0.05, 0) is 35.0 Å². The predicted octanol–water partition coefficient (Wildman–Crippen LogP) is 5.87. The number of carbonyl (C=O) groups is 2. The Bertz CT molecular complexity index is 1590. The maximum absolute atomic E-state index is 14.0. The Balaban J connectivity index is 1.70. The van der Waals surface area contributed by atoms with Crippen molar-refractivity contribution in [3.8, 4) is 0 Å². The van der Waals surface area contributed by atoms with Crippen LogP contribution in [0, 0.1) is 0 Å². The molecule has 3 aliphatic rings. The van der Waals surface area contributed by atoms with Crippen molar-refractivity contribution in [2.24, 2.45) is 0 Å². The van der Waals surface area contributed by atoms with Crippen molar-refractivity contribution in [3.63, 3.8) is 0 Å². The molecule has 2 aliphatic heterocycles. The summed E-state index contributed by atoms with van der Waals surface area (Å²) >= 11 is 3.58. The van der Waals surface area contributed by atoms with Gasteiger partial charge in [0.1, 0.15) is 5.41 Å². The van der Waals surface area contributed by atoms with Crippen LogP contribution in [0.4, 0.5) is 11.4 Å². The Hall–Kier alpha value is -3.70. The number of amides is 1. The summed E-state index contributed by atoms with van der Waals surface area (Å²) in [6, 6.07) is 25.4. The highest BCUT2D eigenvalue weighted by atomic mass is 79.9. The van der Waals surface area contributed by atoms with Crippen LogP contribution < -0.4 is 10.6 Å². The van der Waals surface area contributed by atoms with Crippen molar-refractivity contribution < 1.29 is 9.59 Å². The number of ketones is 1. The van der Waals surface area contributed by atoms with E-state index in [1.165, 1.54) is 0 Å². The lowest BCUT2D eigenvalue weighted by molar-refractivity contribution is -0.118. The minimum Gasteiger partial charge on any atom is -0.354 e. The molecule has 4 aromatic carbocycles. The fourth-order valence-corrected chi connectivity index (χ4v) is 5.94. The predicted molar refractivity (Wildman–Crippen MR) is 129 cm³/mol. The van der Waals surface area contributed by atoms with E-state index in [2.05, 4.69) is 32.6 Å². The van der Waals surface area contributed by atoms with Crippen LogP contribution >= 0.6 is 15.9 Å². The van der Waals surface area contributed by atoms with Crippen molar-refractivity contribution in [1.82, 2.24) is 0 Å². The van der Waals surface area contributed by atoms with Crippen LogP contribution in [0.25, 0.3) is 16.5 Å². The largest absolute Gasteiger partial charge is 0.354 e. The average Bonchev–Trinajstić information content (AvgIpc) is 3.26. The Morgan fingerprint density at radius 2 is 1.50 bits per heavy atom. The van der Waals surface area contributed by atoms with Gasteiger partial charge in [0.2, 0.25) is 5.91 Å². The molecule has 0 saturated heterocycles. The van der Waals surface area contributed by atoms with Gasteiger partial charge in [0, 0.05) is 43.7 Å². The molecule has 7 rings (SSSR count). The van der Waals surface area contributed by atoms with Gasteiger partial charge in [0.05, 0.1) is 5.70 Å². The molecule has 4 nitrogen and oxygen atoms in total. The molecule has 2 heterocycles. The number of carbonyl (C=O) groups excluding carboxylic acids is 2. The fourth-order valence-electron chi connectivity index (χ4n) is 5.58. The highest BCUT2D eigenvalue weighted by Crippen LogP contribution is 2.59. The van der Waals surface area contributed by atoms with E-state index in [-0.39, 0.29) is 11.7 Å². The number of anilines is 2. The van der Waals surface area contributed by atoms with Crippen molar-refractivity contribution >= 4 is 55.5 Å². The summed E-state index contributed by atoms with van der Waals surface area (Å²) in [7, 11) is 0. The SMILES string of the molecule is O=C1C2=C(Nc3ccc4ccccc4c3C23C(=O)Nc2ccc(Br)cc23)c2ccccc21. The minimum absolute atomic E-state index is 0.107. The molecule has 0 bridgehead atoms. The van der Waals surface area contributed by atoms with Crippen LogP contribution in [0.15, 0.2) is 88.9 Å². The molecule has 1 spiro atoms. The Labute approximate surface area is 192 Å². The van der Waals surface area contributed by atoms with Gasteiger partial charge in [0.25, 0.3) is 0 Å². The zero-order valence-corrected chi connectivity index (χ0v) is 18.3. The van der Waals surface area contributed by atoms with Gasteiger partial charge in [-0.1, -0.05) is 70.5 Å². The highest BCUT2D eigenvalue weighted by molar-refractivity contribution is 9.10. The smallest absolute Gasteiger partial charge is 0.244 e. The molecule has 0 fully saturated rings. The van der Waals surface area contributed by atoms with Gasteiger partial charge in [-0.15, -0.1) is 0 Å². The number of fused-ring (bicyclic) bond motifs is 9. The normalized spacial score (nSPS) is 20.0. The fraction of sp³-hybridized carbons (Fsp3) is 0.0370. The number of halogens is 1. The first kappa shape index (κ1) is 17.9. The van der Waals surface area contributed by atoms with E-state index in [0.29, 0.717) is 11.1 Å². The zero-order valence-electron chi connectivity index (χ0n) is 16.7. The van der Waals surface area contributed by atoms with Crippen molar-refractivity contribution in [2.75, 3.05) is 10.6 Å². The lowest BCUT2D eigenvalue weighted by Crippen LogP contribution is -2.43. The molecule has 152 valence electrons. The first-order valence-electron chi connectivity index (χ1n) is 10.4. The lowest BCUT2D eigenvalue weighted by Gasteiger charge is -2.37. The molecule has 32 heavy (non-hydrogen) atoms. The first-order valence-corrected chi connectivity index (χ1v) is 11.2. The van der Waals surface area contributed by atoms with Gasteiger partial charge in [0.15, 0.2) is 5.78 Å². The summed E-state index contributed by atoms with van der Waals surface area (Å²) in [5.74, 6) is -0.303. The van der Waals surface area contributed by atoms with E-state index < -0.39 is 5.41 Å². The van der Waals surface area contributed by atoms with E-state index >= 15 is 0 Å². The summed E-state index contributed by atoms with van der Waals surface area (Å²) in [6.45, 7) is 0. The number of hydrogen-bond donors (Lipinski definition) is 2. The van der Waals surface area contributed by atoms with E-state index in [9.17, 15) is 9.59 Å². The summed E-state index contributed by atoms with van der Waals surface area (Å²) in [5.41, 5.74) is 4.62. The standard InChI is InChI=1S/C27H15BrN2O2/c28-15-10-12-20-19(13-15)27(26(32)30-20)22-16-6-2-1-5-14(16)9-11-21(22)29-24-17-7-3-4-8-18(17)25(31)23(24)27/h1-13,29H,(H,30,32). The van der Waals surface area contributed by atoms with Gasteiger partial charge < -0.3 is 10.6 Å². The first-order chi connectivity index (χ1) is 15.6. The molecular weight excluding hydrogens is 464 g/mol. The highest BCUT2D eigenvalue weighted by Gasteiger charge is 2.59. The Morgan fingerprint density at radius 3 is 2.38 bits per heavy atom. The van der Waals surface area contributed by atoms with Crippen molar-refractivity contribution in [2.45, 2.75) is 5.41 Å². The molecular formula is C27H15BrN2O2. The maximum Gasteiger partial charge on any atom is 0.244 e. The second kappa shape index (κ2) is 5.96. The van der Waals surface area contributed by atoms with Gasteiger partial charge in [-0.2, -0.15) is 0 Å². The molecule has 1 aliphatic carbocycles. The molecule has 1 amide bonds. The third kappa shape index (κ3) is 1.98. The van der Waals surface area contributed by atoms with Crippen molar-refractivity contribution in [3.05, 3.63) is 111 Å². The monoisotopic (exact) mass is 478 g/mol. The van der Waals surface area contributed by atoms with Crippen LogP contribution in [-0.4, -0.2) is 11.7 Å². The maximum atomic E-state index is 14.0. The van der Waals surface area contributed by atoms with E-state index in [1.807, 2.05) is 72.8 Å². The van der Waals surface area contributed by atoms with E-state index in [0.717, 1.165) is 49.0 Å². The number of benzene rings is 4. The minimum atomic E-state index is -1.24. The number of hydrogen-bond acceptors (Lipinski definition) is 3. The average molecular weight is 479 g/mol. The van der Waals surface area contributed by atoms with E-state index in [1.54, 1.807) is 0 Å². The quantitative estimate of drug-likeness (QED) is 0.332. The second-order valence-corrected chi connectivity index (χ2v) is 9.27. The molecule has 0 aromatic heterocycles. The van der Waals surface area contributed by atoms with Crippen LogP contribution in [0.1, 0.15) is 27.0 Å². The van der Waals surface area contributed by atoms with E-state index in [4.69, 9.17) is 0 Å². The molecule has 4 aromatic rings. The number of Topliss-reactive ketones (excluding diaryl/α,β-unsaturated/α-hetero) is 1. The Kier molecular flexibility index (Phi) is 3.34. The van der Waals surface area contributed by atoms with Crippen LogP contribution in [0.5, 0.6) is 0 Å². The Morgan fingerprint density at radius 1 is 0.750 bits per heavy atom. The van der Waals surface area contributed by atoms with Gasteiger partial charge in [-0.3, -0.25) is 9.59 Å². The van der Waals surface area contributed by atoms with Crippen LogP contribution in [0.3, 0.4) is 0 Å². The second-order valence-electron chi connectivity index (χ2n) is 8.35. The molecule has 1 atom stereocenters. The van der Waals surface area contributed by atoms with Crippen molar-refractivity contribution in [1.29, 1.82) is 0 Å². The van der Waals surface area contributed by atoms with Gasteiger partial charge in [-0.25, -0.2) is 0 Å². The molecule has 0 saturated carbocycles.